The monoisotopic (exact) mass is 366 g/mol. The van der Waals surface area contributed by atoms with Crippen molar-refractivity contribution in [2.24, 2.45) is 0 Å². The SMILES string of the molecule is O=S(=O)(NCC1CCCN1c1ccccc1)c1ccc2ccccc2c1. The molecular formula is C21H22N2O2S. The Morgan fingerprint density at radius 2 is 1.65 bits per heavy atom. The molecule has 26 heavy (non-hydrogen) atoms. The lowest BCUT2D eigenvalue weighted by Gasteiger charge is -2.27. The lowest BCUT2D eigenvalue weighted by Crippen LogP contribution is -2.40. The molecule has 1 atom stereocenters. The van der Waals surface area contributed by atoms with Crippen LogP contribution in [0.5, 0.6) is 0 Å². The summed E-state index contributed by atoms with van der Waals surface area (Å²) in [5, 5.41) is 1.97. The average Bonchev–Trinajstić information content (AvgIpc) is 3.15. The van der Waals surface area contributed by atoms with E-state index in [0.29, 0.717) is 11.4 Å². The van der Waals surface area contributed by atoms with Gasteiger partial charge in [0.25, 0.3) is 0 Å². The average molecular weight is 366 g/mol. The normalized spacial score (nSPS) is 17.7. The molecule has 1 heterocycles. The van der Waals surface area contributed by atoms with E-state index >= 15 is 0 Å². The largest absolute Gasteiger partial charge is 0.367 e. The van der Waals surface area contributed by atoms with Crippen LogP contribution in [0.4, 0.5) is 5.69 Å². The molecule has 134 valence electrons. The van der Waals surface area contributed by atoms with Crippen LogP contribution in [0.15, 0.2) is 77.7 Å². The summed E-state index contributed by atoms with van der Waals surface area (Å²) >= 11 is 0. The van der Waals surface area contributed by atoms with Crippen molar-refractivity contribution in [3.63, 3.8) is 0 Å². The molecule has 4 nitrogen and oxygen atoms in total. The second-order valence-corrected chi connectivity index (χ2v) is 8.45. The number of rotatable bonds is 5. The van der Waals surface area contributed by atoms with Crippen LogP contribution in [0.25, 0.3) is 10.8 Å². The molecule has 0 spiro atoms. The number of para-hydroxylation sites is 1. The molecule has 4 rings (SSSR count). The van der Waals surface area contributed by atoms with E-state index in [9.17, 15) is 8.42 Å². The number of nitrogens with zero attached hydrogens (tertiary/aromatic N) is 1. The molecule has 3 aromatic rings. The lowest BCUT2D eigenvalue weighted by atomic mass is 10.1. The number of anilines is 1. The molecule has 3 aromatic carbocycles. The van der Waals surface area contributed by atoms with Gasteiger partial charge in [-0.1, -0.05) is 48.5 Å². The van der Waals surface area contributed by atoms with Crippen molar-refractivity contribution < 1.29 is 8.42 Å². The molecule has 1 aliphatic rings. The van der Waals surface area contributed by atoms with Gasteiger partial charge in [-0.25, -0.2) is 13.1 Å². The molecule has 0 radical (unpaired) electrons. The maximum absolute atomic E-state index is 12.7. The number of sulfonamides is 1. The molecule has 0 bridgehead atoms. The van der Waals surface area contributed by atoms with E-state index in [0.717, 1.165) is 35.8 Å². The Labute approximate surface area is 154 Å². The molecule has 0 amide bonds. The summed E-state index contributed by atoms with van der Waals surface area (Å²) in [6.07, 6.45) is 2.08. The Hall–Kier alpha value is -2.37. The number of benzene rings is 3. The fourth-order valence-corrected chi connectivity index (χ4v) is 4.74. The Morgan fingerprint density at radius 1 is 0.923 bits per heavy atom. The minimum Gasteiger partial charge on any atom is -0.367 e. The zero-order valence-corrected chi connectivity index (χ0v) is 15.3. The number of hydrogen-bond donors (Lipinski definition) is 1. The quantitative estimate of drug-likeness (QED) is 0.747. The van der Waals surface area contributed by atoms with Crippen molar-refractivity contribution in [2.45, 2.75) is 23.8 Å². The van der Waals surface area contributed by atoms with Gasteiger partial charge in [0.1, 0.15) is 0 Å². The zero-order chi connectivity index (χ0) is 18.0. The highest BCUT2D eigenvalue weighted by molar-refractivity contribution is 7.89. The first-order valence-electron chi connectivity index (χ1n) is 8.94. The Balaban J connectivity index is 1.50. The van der Waals surface area contributed by atoms with Gasteiger partial charge in [-0.3, -0.25) is 0 Å². The van der Waals surface area contributed by atoms with Crippen LogP contribution in [0.1, 0.15) is 12.8 Å². The van der Waals surface area contributed by atoms with Crippen LogP contribution in [0.3, 0.4) is 0 Å². The van der Waals surface area contributed by atoms with Crippen molar-refractivity contribution in [1.29, 1.82) is 0 Å². The second kappa shape index (κ2) is 7.09. The molecule has 0 aliphatic carbocycles. The fourth-order valence-electron chi connectivity index (χ4n) is 3.63. The van der Waals surface area contributed by atoms with Crippen LogP contribution < -0.4 is 9.62 Å². The van der Waals surface area contributed by atoms with Gasteiger partial charge in [0, 0.05) is 24.8 Å². The molecule has 0 saturated carbocycles. The summed E-state index contributed by atoms with van der Waals surface area (Å²) < 4.78 is 28.3. The van der Waals surface area contributed by atoms with E-state index in [1.807, 2.05) is 48.5 Å². The topological polar surface area (TPSA) is 49.4 Å². The van der Waals surface area contributed by atoms with Crippen LogP contribution in [-0.2, 0) is 10.0 Å². The predicted octanol–water partition coefficient (Wildman–Crippen LogP) is 3.79. The third kappa shape index (κ3) is 3.45. The molecule has 1 saturated heterocycles. The van der Waals surface area contributed by atoms with Crippen molar-refractivity contribution in [3.05, 3.63) is 72.8 Å². The molecule has 1 aliphatic heterocycles. The fraction of sp³-hybridized carbons (Fsp3) is 0.238. The van der Waals surface area contributed by atoms with Crippen LogP contribution >= 0.6 is 0 Å². The summed E-state index contributed by atoms with van der Waals surface area (Å²) in [4.78, 5) is 2.61. The van der Waals surface area contributed by atoms with Gasteiger partial charge in [0.05, 0.1) is 4.90 Å². The summed E-state index contributed by atoms with van der Waals surface area (Å²) in [5.74, 6) is 0. The van der Waals surface area contributed by atoms with Crippen molar-refractivity contribution in [2.75, 3.05) is 18.0 Å². The number of nitrogens with one attached hydrogen (secondary N) is 1. The van der Waals surface area contributed by atoms with E-state index in [-0.39, 0.29) is 6.04 Å². The van der Waals surface area contributed by atoms with E-state index in [1.54, 1.807) is 12.1 Å². The Kier molecular flexibility index (Phi) is 4.66. The van der Waals surface area contributed by atoms with Crippen molar-refractivity contribution >= 4 is 26.5 Å². The van der Waals surface area contributed by atoms with E-state index < -0.39 is 10.0 Å². The van der Waals surface area contributed by atoms with Crippen LogP contribution in [0, 0.1) is 0 Å². The lowest BCUT2D eigenvalue weighted by molar-refractivity contribution is 0.567. The molecular weight excluding hydrogens is 344 g/mol. The summed E-state index contributed by atoms with van der Waals surface area (Å²) in [7, 11) is -3.52. The van der Waals surface area contributed by atoms with Gasteiger partial charge < -0.3 is 4.90 Å². The smallest absolute Gasteiger partial charge is 0.240 e. The first-order valence-corrected chi connectivity index (χ1v) is 10.4. The first-order chi connectivity index (χ1) is 12.6. The van der Waals surface area contributed by atoms with Gasteiger partial charge in [-0.15, -0.1) is 0 Å². The molecule has 1 N–H and O–H groups in total. The van der Waals surface area contributed by atoms with Crippen LogP contribution in [0.2, 0.25) is 0 Å². The highest BCUT2D eigenvalue weighted by Crippen LogP contribution is 2.25. The van der Waals surface area contributed by atoms with Crippen molar-refractivity contribution in [3.8, 4) is 0 Å². The first kappa shape index (κ1) is 17.1. The van der Waals surface area contributed by atoms with Gasteiger partial charge in [-0.2, -0.15) is 0 Å². The summed E-state index contributed by atoms with van der Waals surface area (Å²) in [6, 6.07) is 23.4. The highest BCUT2D eigenvalue weighted by atomic mass is 32.2. The van der Waals surface area contributed by atoms with E-state index in [4.69, 9.17) is 0 Å². The van der Waals surface area contributed by atoms with Gasteiger partial charge >= 0.3 is 0 Å². The van der Waals surface area contributed by atoms with Gasteiger partial charge in [0.15, 0.2) is 0 Å². The maximum atomic E-state index is 12.7. The molecule has 0 aromatic heterocycles. The molecule has 1 unspecified atom stereocenters. The van der Waals surface area contributed by atoms with Crippen LogP contribution in [-0.4, -0.2) is 27.5 Å². The minimum atomic E-state index is -3.52. The summed E-state index contributed by atoms with van der Waals surface area (Å²) in [5.41, 5.74) is 1.15. The maximum Gasteiger partial charge on any atom is 0.240 e. The Morgan fingerprint density at radius 3 is 2.46 bits per heavy atom. The molecule has 5 heteroatoms. The van der Waals surface area contributed by atoms with E-state index in [1.165, 1.54) is 0 Å². The summed E-state index contributed by atoms with van der Waals surface area (Å²) in [6.45, 7) is 1.39. The Bertz CT molecular complexity index is 1000. The highest BCUT2D eigenvalue weighted by Gasteiger charge is 2.26. The second-order valence-electron chi connectivity index (χ2n) is 6.69. The molecule has 1 fully saturated rings. The van der Waals surface area contributed by atoms with E-state index in [2.05, 4.69) is 21.8 Å². The zero-order valence-electron chi connectivity index (χ0n) is 14.5. The third-order valence-electron chi connectivity index (χ3n) is 5.01. The third-order valence-corrected chi connectivity index (χ3v) is 6.43. The van der Waals surface area contributed by atoms with Gasteiger partial charge in [-0.05, 0) is 47.9 Å². The van der Waals surface area contributed by atoms with Gasteiger partial charge in [0.2, 0.25) is 10.0 Å². The van der Waals surface area contributed by atoms with Crippen molar-refractivity contribution in [1.82, 2.24) is 4.72 Å². The minimum absolute atomic E-state index is 0.188. The number of hydrogen-bond acceptors (Lipinski definition) is 3. The number of fused-ring (bicyclic) bond motifs is 1. The standard InChI is InChI=1S/C21H22N2O2S/c24-26(25,21-13-12-17-7-4-5-8-18(17)15-21)22-16-20-11-6-14-23(20)19-9-2-1-3-10-19/h1-5,7-10,12-13,15,20,22H,6,11,14,16H2. The predicted molar refractivity (Wildman–Crippen MR) is 106 cm³/mol.